The molecule has 3 atom stereocenters. The van der Waals surface area contributed by atoms with Crippen LogP contribution < -0.4 is 10.9 Å². The van der Waals surface area contributed by atoms with Gasteiger partial charge in [-0.15, -0.1) is 0 Å². The summed E-state index contributed by atoms with van der Waals surface area (Å²) in [6, 6.07) is 7.17. The van der Waals surface area contributed by atoms with Crippen molar-refractivity contribution < 1.29 is 14.3 Å². The molecule has 0 unspecified atom stereocenters. The lowest BCUT2D eigenvalue weighted by Crippen LogP contribution is -2.45. The normalized spacial score (nSPS) is 22.0. The van der Waals surface area contributed by atoms with Crippen LogP contribution in [-0.2, 0) is 20.7 Å². The number of carbonyl (C=O) groups is 2. The number of benzene rings is 1. The molecule has 1 aliphatic rings. The third-order valence-corrected chi connectivity index (χ3v) is 5.65. The number of rotatable bonds is 6. The van der Waals surface area contributed by atoms with Crippen LogP contribution in [0.1, 0.15) is 45.4 Å². The van der Waals surface area contributed by atoms with Gasteiger partial charge in [-0.1, -0.05) is 38.8 Å². The molecule has 0 radical (unpaired) electrons. The Kier molecular flexibility index (Phi) is 6.44. The molecule has 0 aliphatic heterocycles. The second-order valence-corrected chi connectivity index (χ2v) is 7.63. The van der Waals surface area contributed by atoms with Crippen LogP contribution in [0, 0.1) is 11.8 Å². The number of hydrogen-bond acceptors (Lipinski definition) is 5. The topological polar surface area (TPSA) is 101 Å². The van der Waals surface area contributed by atoms with E-state index in [0.29, 0.717) is 28.6 Å². The zero-order valence-corrected chi connectivity index (χ0v) is 16.4. The fraction of sp³-hybridized carbons (Fsp3) is 0.524. The molecule has 7 nitrogen and oxygen atoms in total. The van der Waals surface area contributed by atoms with Gasteiger partial charge >= 0.3 is 5.97 Å². The molecule has 1 aromatic heterocycles. The van der Waals surface area contributed by atoms with Crippen LogP contribution in [0.3, 0.4) is 0 Å². The SMILES string of the molecule is C[C@@H]1[C@@H](C)CCC[C@H]1NC(=O)COC(=O)CCc1nc2ccccc2c(=O)[nH]1. The van der Waals surface area contributed by atoms with E-state index >= 15 is 0 Å². The van der Waals surface area contributed by atoms with Gasteiger partial charge in [-0.2, -0.15) is 0 Å². The summed E-state index contributed by atoms with van der Waals surface area (Å²) in [6.45, 7) is 4.07. The number of nitrogens with zero attached hydrogens (tertiary/aromatic N) is 1. The molecular formula is C21H27N3O4. The smallest absolute Gasteiger partial charge is 0.306 e. The third kappa shape index (κ3) is 4.97. The molecule has 2 N–H and O–H groups in total. The van der Waals surface area contributed by atoms with Crippen LogP contribution in [0.4, 0.5) is 0 Å². The van der Waals surface area contributed by atoms with Crippen LogP contribution in [-0.4, -0.2) is 34.5 Å². The maximum absolute atomic E-state index is 12.1. The van der Waals surface area contributed by atoms with Gasteiger partial charge < -0.3 is 15.0 Å². The van der Waals surface area contributed by atoms with Crippen LogP contribution in [0.25, 0.3) is 10.9 Å². The molecule has 1 aliphatic carbocycles. The number of hydrogen-bond donors (Lipinski definition) is 2. The summed E-state index contributed by atoms with van der Waals surface area (Å²) in [5.74, 6) is 0.671. The number of carbonyl (C=O) groups excluding carboxylic acids is 2. The fourth-order valence-electron chi connectivity index (χ4n) is 3.73. The second-order valence-electron chi connectivity index (χ2n) is 7.63. The van der Waals surface area contributed by atoms with Crippen LogP contribution >= 0.6 is 0 Å². The molecule has 1 fully saturated rings. The minimum absolute atomic E-state index is 0.0470. The Morgan fingerprint density at radius 3 is 2.86 bits per heavy atom. The Balaban J connectivity index is 1.46. The Morgan fingerprint density at radius 1 is 1.25 bits per heavy atom. The molecule has 7 heteroatoms. The summed E-state index contributed by atoms with van der Waals surface area (Å²) in [4.78, 5) is 43.1. The van der Waals surface area contributed by atoms with Crippen LogP contribution in [0.2, 0.25) is 0 Å². The van der Waals surface area contributed by atoms with Gasteiger partial charge in [-0.05, 0) is 30.4 Å². The van der Waals surface area contributed by atoms with Crippen molar-refractivity contribution in [3.63, 3.8) is 0 Å². The van der Waals surface area contributed by atoms with E-state index in [1.807, 2.05) is 0 Å². The molecule has 1 saturated carbocycles. The van der Waals surface area contributed by atoms with E-state index in [4.69, 9.17) is 4.74 Å². The van der Waals surface area contributed by atoms with Gasteiger partial charge in [0.15, 0.2) is 6.61 Å². The van der Waals surface area contributed by atoms with Gasteiger partial charge in [0, 0.05) is 12.5 Å². The van der Waals surface area contributed by atoms with Crippen molar-refractivity contribution in [1.82, 2.24) is 15.3 Å². The highest BCUT2D eigenvalue weighted by Gasteiger charge is 2.28. The highest BCUT2D eigenvalue weighted by molar-refractivity contribution is 5.81. The Bertz CT molecular complexity index is 908. The van der Waals surface area contributed by atoms with E-state index in [2.05, 4.69) is 29.1 Å². The minimum atomic E-state index is -0.490. The van der Waals surface area contributed by atoms with Crippen LogP contribution in [0.5, 0.6) is 0 Å². The quantitative estimate of drug-likeness (QED) is 0.743. The second kappa shape index (κ2) is 8.99. The number of para-hydroxylation sites is 1. The molecule has 0 bridgehead atoms. The largest absolute Gasteiger partial charge is 0.456 e. The molecule has 0 spiro atoms. The van der Waals surface area contributed by atoms with Gasteiger partial charge in [0.25, 0.3) is 11.5 Å². The summed E-state index contributed by atoms with van der Waals surface area (Å²) in [7, 11) is 0. The zero-order valence-electron chi connectivity index (χ0n) is 16.4. The van der Waals surface area contributed by atoms with E-state index in [-0.39, 0.29) is 37.0 Å². The average molecular weight is 385 g/mol. The summed E-state index contributed by atoms with van der Waals surface area (Å²) < 4.78 is 5.08. The molecular weight excluding hydrogens is 358 g/mol. The first-order chi connectivity index (χ1) is 13.4. The van der Waals surface area contributed by atoms with Crippen molar-refractivity contribution in [3.05, 3.63) is 40.4 Å². The number of amides is 1. The molecule has 0 saturated heterocycles. The van der Waals surface area contributed by atoms with Gasteiger partial charge in [0.1, 0.15) is 5.82 Å². The molecule has 28 heavy (non-hydrogen) atoms. The number of H-pyrrole nitrogens is 1. The van der Waals surface area contributed by atoms with Gasteiger partial charge in [0.2, 0.25) is 0 Å². The summed E-state index contributed by atoms with van der Waals surface area (Å²) in [6.07, 6.45) is 3.55. The average Bonchev–Trinajstić information content (AvgIpc) is 2.68. The van der Waals surface area contributed by atoms with Crippen molar-refractivity contribution in [3.8, 4) is 0 Å². The lowest BCUT2D eigenvalue weighted by molar-refractivity contribution is -0.148. The van der Waals surface area contributed by atoms with Gasteiger partial charge in [-0.25, -0.2) is 4.98 Å². The lowest BCUT2D eigenvalue weighted by atomic mass is 9.78. The molecule has 3 rings (SSSR count). The van der Waals surface area contributed by atoms with Crippen molar-refractivity contribution in [2.24, 2.45) is 11.8 Å². The minimum Gasteiger partial charge on any atom is -0.456 e. The van der Waals surface area contributed by atoms with Gasteiger partial charge in [0.05, 0.1) is 17.3 Å². The van der Waals surface area contributed by atoms with E-state index < -0.39 is 5.97 Å². The van der Waals surface area contributed by atoms with Crippen LogP contribution in [0.15, 0.2) is 29.1 Å². The summed E-state index contributed by atoms with van der Waals surface area (Å²) in [5, 5.41) is 3.49. The molecule has 1 heterocycles. The molecule has 2 aromatic rings. The van der Waals surface area contributed by atoms with E-state index in [0.717, 1.165) is 12.8 Å². The van der Waals surface area contributed by atoms with E-state index in [9.17, 15) is 14.4 Å². The molecule has 1 amide bonds. The highest BCUT2D eigenvalue weighted by atomic mass is 16.5. The third-order valence-electron chi connectivity index (χ3n) is 5.65. The fourth-order valence-corrected chi connectivity index (χ4v) is 3.73. The predicted octanol–water partition coefficient (Wildman–Crippen LogP) is 2.34. The monoisotopic (exact) mass is 385 g/mol. The lowest BCUT2D eigenvalue weighted by Gasteiger charge is -2.34. The van der Waals surface area contributed by atoms with Gasteiger partial charge in [-0.3, -0.25) is 14.4 Å². The standard InChI is InChI=1S/C21H27N3O4/c1-13-6-5-9-16(14(13)2)23-19(25)12-28-20(26)11-10-18-22-17-8-4-3-7-15(17)21(27)24-18/h3-4,7-8,13-14,16H,5-6,9-12H2,1-2H3,(H,23,25)(H,22,24,27)/t13-,14+,16+/m0/s1. The first kappa shape index (κ1) is 20.0. The number of aromatic nitrogens is 2. The Labute approximate surface area is 163 Å². The first-order valence-electron chi connectivity index (χ1n) is 9.87. The molecule has 150 valence electrons. The van der Waals surface area contributed by atoms with Crippen molar-refractivity contribution in [2.45, 2.75) is 52.0 Å². The number of esters is 1. The number of aryl methyl sites for hydroxylation is 1. The Morgan fingerprint density at radius 2 is 2.04 bits per heavy atom. The summed E-state index contributed by atoms with van der Waals surface area (Å²) in [5.41, 5.74) is 0.356. The summed E-state index contributed by atoms with van der Waals surface area (Å²) >= 11 is 0. The first-order valence-corrected chi connectivity index (χ1v) is 9.87. The molecule has 1 aromatic carbocycles. The van der Waals surface area contributed by atoms with E-state index in [1.165, 1.54) is 6.42 Å². The zero-order chi connectivity index (χ0) is 20.1. The maximum atomic E-state index is 12.1. The maximum Gasteiger partial charge on any atom is 0.306 e. The Hall–Kier alpha value is -2.70. The predicted molar refractivity (Wildman–Crippen MR) is 106 cm³/mol. The van der Waals surface area contributed by atoms with E-state index in [1.54, 1.807) is 24.3 Å². The number of nitrogens with one attached hydrogen (secondary N) is 2. The highest BCUT2D eigenvalue weighted by Crippen LogP contribution is 2.29. The van der Waals surface area contributed by atoms with Crippen molar-refractivity contribution >= 4 is 22.8 Å². The number of fused-ring (bicyclic) bond motifs is 1. The van der Waals surface area contributed by atoms with Crippen molar-refractivity contribution in [2.75, 3.05) is 6.61 Å². The number of aromatic amines is 1. The van der Waals surface area contributed by atoms with Crippen molar-refractivity contribution in [1.29, 1.82) is 0 Å². The number of ether oxygens (including phenoxy) is 1.